The molecule has 0 bridgehead atoms. The molecule has 5 heteroatoms. The molecule has 0 aromatic carbocycles. The molecule has 0 aromatic rings. The first-order valence-corrected chi connectivity index (χ1v) is 6.27. The minimum atomic E-state index is -1.06. The molecule has 18 heavy (non-hydrogen) atoms. The molecule has 102 valence electrons. The first-order valence-electron chi connectivity index (χ1n) is 6.27. The zero-order valence-electron chi connectivity index (χ0n) is 11.2. The van der Waals surface area contributed by atoms with Crippen LogP contribution >= 0.6 is 0 Å². The maximum atomic E-state index is 11.8. The summed E-state index contributed by atoms with van der Waals surface area (Å²) in [5.74, 6) is -1.04. The molecule has 0 spiro atoms. The van der Waals surface area contributed by atoms with Gasteiger partial charge in [0.05, 0.1) is 6.10 Å². The highest BCUT2D eigenvalue weighted by atomic mass is 16.5. The fourth-order valence-electron chi connectivity index (χ4n) is 2.06. The Morgan fingerprint density at radius 1 is 1.33 bits per heavy atom. The standard InChI is InChI=1S/C13H21NO4/c1-4-11-10(5-6-18-11)7-14-12(15)8(2)9(3)13(16)17/h10-11H,4-7H2,1-3H3,(H,14,15)(H,16,17). The van der Waals surface area contributed by atoms with Crippen molar-refractivity contribution >= 4 is 11.9 Å². The van der Waals surface area contributed by atoms with Gasteiger partial charge in [0.2, 0.25) is 5.91 Å². The molecule has 0 aromatic heterocycles. The second kappa shape index (κ2) is 6.54. The van der Waals surface area contributed by atoms with Crippen LogP contribution in [0.25, 0.3) is 0 Å². The number of carbonyl (C=O) groups is 2. The third-order valence-electron chi connectivity index (χ3n) is 3.50. The lowest BCUT2D eigenvalue weighted by atomic mass is 9.99. The number of amides is 1. The van der Waals surface area contributed by atoms with Gasteiger partial charge < -0.3 is 15.2 Å². The topological polar surface area (TPSA) is 75.6 Å². The monoisotopic (exact) mass is 255 g/mol. The van der Waals surface area contributed by atoms with E-state index in [4.69, 9.17) is 9.84 Å². The quantitative estimate of drug-likeness (QED) is 0.727. The highest BCUT2D eigenvalue weighted by molar-refractivity contribution is 6.01. The fraction of sp³-hybridized carbons (Fsp3) is 0.692. The summed E-state index contributed by atoms with van der Waals surface area (Å²) in [5.41, 5.74) is 0.344. The smallest absolute Gasteiger partial charge is 0.331 e. The van der Waals surface area contributed by atoms with E-state index in [0.29, 0.717) is 12.5 Å². The first-order chi connectivity index (χ1) is 8.47. The molecule has 5 nitrogen and oxygen atoms in total. The van der Waals surface area contributed by atoms with Gasteiger partial charge in [0.25, 0.3) is 0 Å². The van der Waals surface area contributed by atoms with Crippen molar-refractivity contribution in [3.05, 3.63) is 11.1 Å². The molecule has 2 unspecified atom stereocenters. The number of aliphatic carboxylic acids is 1. The van der Waals surface area contributed by atoms with Crippen molar-refractivity contribution in [1.82, 2.24) is 5.32 Å². The lowest BCUT2D eigenvalue weighted by Gasteiger charge is -2.17. The van der Waals surface area contributed by atoms with Crippen LogP contribution in [0.15, 0.2) is 11.1 Å². The van der Waals surface area contributed by atoms with Gasteiger partial charge in [0, 0.05) is 30.2 Å². The molecule has 1 fully saturated rings. The van der Waals surface area contributed by atoms with Crippen molar-refractivity contribution in [2.45, 2.75) is 39.7 Å². The van der Waals surface area contributed by atoms with Crippen LogP contribution in [-0.4, -0.2) is 36.2 Å². The van der Waals surface area contributed by atoms with Crippen molar-refractivity contribution < 1.29 is 19.4 Å². The Kier molecular flexibility index (Phi) is 5.34. The van der Waals surface area contributed by atoms with Crippen LogP contribution in [-0.2, 0) is 14.3 Å². The second-order valence-corrected chi connectivity index (χ2v) is 4.63. The predicted octanol–water partition coefficient (Wildman–Crippen LogP) is 1.34. The van der Waals surface area contributed by atoms with Crippen LogP contribution in [0.4, 0.5) is 0 Å². The van der Waals surface area contributed by atoms with E-state index in [-0.39, 0.29) is 23.2 Å². The zero-order chi connectivity index (χ0) is 13.7. The normalized spacial score (nSPS) is 24.6. The van der Waals surface area contributed by atoms with Gasteiger partial charge in [-0.15, -0.1) is 0 Å². The Balaban J connectivity index is 2.51. The summed E-state index contributed by atoms with van der Waals surface area (Å²) in [7, 11) is 0. The van der Waals surface area contributed by atoms with Gasteiger partial charge in [-0.3, -0.25) is 4.79 Å². The summed E-state index contributed by atoms with van der Waals surface area (Å²) < 4.78 is 5.54. The van der Waals surface area contributed by atoms with Gasteiger partial charge in [0.15, 0.2) is 0 Å². The number of rotatable bonds is 5. The lowest BCUT2D eigenvalue weighted by molar-refractivity contribution is -0.133. The molecule has 1 saturated heterocycles. The second-order valence-electron chi connectivity index (χ2n) is 4.63. The lowest BCUT2D eigenvalue weighted by Crippen LogP contribution is -2.33. The number of hydrogen-bond donors (Lipinski definition) is 2. The van der Waals surface area contributed by atoms with E-state index in [0.717, 1.165) is 19.4 Å². The minimum Gasteiger partial charge on any atom is -0.478 e. The summed E-state index contributed by atoms with van der Waals surface area (Å²) in [6.45, 7) is 6.31. The zero-order valence-corrected chi connectivity index (χ0v) is 11.2. The predicted molar refractivity (Wildman–Crippen MR) is 67.2 cm³/mol. The average molecular weight is 255 g/mol. The molecule has 0 saturated carbocycles. The van der Waals surface area contributed by atoms with Gasteiger partial charge in [-0.1, -0.05) is 6.92 Å². The maximum Gasteiger partial charge on any atom is 0.331 e. The van der Waals surface area contributed by atoms with E-state index >= 15 is 0 Å². The molecule has 2 N–H and O–H groups in total. The Labute approximate surface area is 107 Å². The SMILES string of the molecule is CCC1OCCC1CNC(=O)C(C)=C(C)C(=O)O. The first kappa shape index (κ1) is 14.7. The van der Waals surface area contributed by atoms with E-state index in [2.05, 4.69) is 12.2 Å². The van der Waals surface area contributed by atoms with Gasteiger partial charge in [-0.2, -0.15) is 0 Å². The summed E-state index contributed by atoms with van der Waals surface area (Å²) in [6.07, 6.45) is 2.08. The van der Waals surface area contributed by atoms with E-state index < -0.39 is 5.97 Å². The number of carboxylic acid groups (broad SMARTS) is 1. The van der Waals surface area contributed by atoms with Gasteiger partial charge in [0.1, 0.15) is 0 Å². The van der Waals surface area contributed by atoms with Crippen molar-refractivity contribution in [2.75, 3.05) is 13.2 Å². The Bertz CT molecular complexity index is 362. The van der Waals surface area contributed by atoms with Crippen LogP contribution in [0.2, 0.25) is 0 Å². The van der Waals surface area contributed by atoms with Crippen LogP contribution in [0.5, 0.6) is 0 Å². The Hall–Kier alpha value is -1.36. The van der Waals surface area contributed by atoms with Crippen LogP contribution in [0.1, 0.15) is 33.6 Å². The summed E-state index contributed by atoms with van der Waals surface area (Å²) in [6, 6.07) is 0. The van der Waals surface area contributed by atoms with E-state index in [1.54, 1.807) is 0 Å². The van der Waals surface area contributed by atoms with Crippen LogP contribution in [0, 0.1) is 5.92 Å². The molecule has 0 radical (unpaired) electrons. The van der Waals surface area contributed by atoms with Crippen molar-refractivity contribution in [2.24, 2.45) is 5.92 Å². The number of carbonyl (C=O) groups excluding carboxylic acids is 1. The largest absolute Gasteiger partial charge is 0.478 e. The van der Waals surface area contributed by atoms with Gasteiger partial charge in [-0.25, -0.2) is 4.79 Å². The summed E-state index contributed by atoms with van der Waals surface area (Å²) in [4.78, 5) is 22.5. The fourth-order valence-corrected chi connectivity index (χ4v) is 2.06. The minimum absolute atomic E-state index is 0.0854. The maximum absolute atomic E-state index is 11.8. The van der Waals surface area contributed by atoms with E-state index in [1.165, 1.54) is 13.8 Å². The van der Waals surface area contributed by atoms with E-state index in [9.17, 15) is 9.59 Å². The average Bonchev–Trinajstić information content (AvgIpc) is 2.81. The highest BCUT2D eigenvalue weighted by Crippen LogP contribution is 2.22. The van der Waals surface area contributed by atoms with Gasteiger partial charge >= 0.3 is 5.97 Å². The third-order valence-corrected chi connectivity index (χ3v) is 3.50. The molecular formula is C13H21NO4. The third kappa shape index (κ3) is 3.57. The molecule has 2 atom stereocenters. The Morgan fingerprint density at radius 3 is 2.56 bits per heavy atom. The molecule has 0 aliphatic carbocycles. The molecule has 1 aliphatic rings. The van der Waals surface area contributed by atoms with Crippen LogP contribution < -0.4 is 5.32 Å². The molecule has 1 amide bonds. The van der Waals surface area contributed by atoms with Crippen LogP contribution in [0.3, 0.4) is 0 Å². The molecule has 1 aliphatic heterocycles. The molecular weight excluding hydrogens is 234 g/mol. The van der Waals surface area contributed by atoms with Crippen molar-refractivity contribution in [3.63, 3.8) is 0 Å². The Morgan fingerprint density at radius 2 is 2.00 bits per heavy atom. The number of nitrogens with one attached hydrogen (secondary N) is 1. The molecule has 1 heterocycles. The molecule has 1 rings (SSSR count). The van der Waals surface area contributed by atoms with Crippen molar-refractivity contribution in [3.8, 4) is 0 Å². The summed E-state index contributed by atoms with van der Waals surface area (Å²) in [5, 5.41) is 11.6. The van der Waals surface area contributed by atoms with Crippen molar-refractivity contribution in [1.29, 1.82) is 0 Å². The summed E-state index contributed by atoms with van der Waals surface area (Å²) >= 11 is 0. The number of ether oxygens (including phenoxy) is 1. The number of carboxylic acids is 1. The van der Waals surface area contributed by atoms with E-state index in [1.807, 2.05) is 0 Å². The number of hydrogen-bond acceptors (Lipinski definition) is 3. The highest BCUT2D eigenvalue weighted by Gasteiger charge is 2.27. The van der Waals surface area contributed by atoms with Gasteiger partial charge in [-0.05, 0) is 26.7 Å².